The van der Waals surface area contributed by atoms with Gasteiger partial charge in [-0.05, 0) is 61.9 Å². The smallest absolute Gasteiger partial charge is 0.262 e. The van der Waals surface area contributed by atoms with Gasteiger partial charge in [-0.25, -0.2) is 0 Å². The van der Waals surface area contributed by atoms with E-state index < -0.39 is 0 Å². The molecule has 5 nitrogen and oxygen atoms in total. The second kappa shape index (κ2) is 8.86. The average Bonchev–Trinajstić information content (AvgIpc) is 2.70. The molecule has 0 aliphatic heterocycles. The van der Waals surface area contributed by atoms with Crippen LogP contribution in [-0.4, -0.2) is 18.4 Å². The molecule has 3 aromatic carbocycles. The fourth-order valence-electron chi connectivity index (χ4n) is 2.59. The third-order valence-electron chi connectivity index (χ3n) is 4.22. The van der Waals surface area contributed by atoms with Gasteiger partial charge in [0.15, 0.2) is 6.61 Å². The first-order chi connectivity index (χ1) is 13.5. The molecule has 0 heterocycles. The van der Waals surface area contributed by atoms with Crippen LogP contribution in [0.4, 0.5) is 11.4 Å². The molecule has 28 heavy (non-hydrogen) atoms. The largest absolute Gasteiger partial charge is 0.484 e. The lowest BCUT2D eigenvalue weighted by molar-refractivity contribution is -0.118. The zero-order valence-electron chi connectivity index (χ0n) is 15.9. The van der Waals surface area contributed by atoms with Gasteiger partial charge in [-0.2, -0.15) is 0 Å². The highest BCUT2D eigenvalue weighted by molar-refractivity contribution is 6.04. The molecule has 0 saturated carbocycles. The van der Waals surface area contributed by atoms with Crippen LogP contribution in [0.25, 0.3) is 0 Å². The Balaban J connectivity index is 1.52. The number of benzene rings is 3. The molecule has 0 radical (unpaired) electrons. The van der Waals surface area contributed by atoms with E-state index in [0.29, 0.717) is 11.3 Å². The predicted molar refractivity (Wildman–Crippen MR) is 111 cm³/mol. The number of carbonyl (C=O) groups excluding carboxylic acids is 2. The molecule has 3 rings (SSSR count). The second-order valence-electron chi connectivity index (χ2n) is 6.50. The molecule has 2 N–H and O–H groups in total. The zero-order chi connectivity index (χ0) is 19.9. The summed E-state index contributed by atoms with van der Waals surface area (Å²) in [5.41, 5.74) is 4.13. The van der Waals surface area contributed by atoms with Gasteiger partial charge in [0.1, 0.15) is 5.75 Å². The van der Waals surface area contributed by atoms with E-state index in [2.05, 4.69) is 10.6 Å². The molecule has 142 valence electrons. The summed E-state index contributed by atoms with van der Waals surface area (Å²) >= 11 is 0. The first-order valence-corrected chi connectivity index (χ1v) is 8.97. The molecule has 3 aromatic rings. The lowest BCUT2D eigenvalue weighted by Gasteiger charge is -2.10. The number of para-hydroxylation sites is 1. The molecular formula is C23H22N2O3. The number of ether oxygens (including phenoxy) is 1. The van der Waals surface area contributed by atoms with E-state index >= 15 is 0 Å². The zero-order valence-corrected chi connectivity index (χ0v) is 15.9. The molecule has 0 aliphatic rings. The molecule has 5 heteroatoms. The Labute approximate surface area is 164 Å². The Morgan fingerprint density at radius 3 is 2.18 bits per heavy atom. The number of hydrogen-bond donors (Lipinski definition) is 2. The van der Waals surface area contributed by atoms with Crippen molar-refractivity contribution in [2.24, 2.45) is 0 Å². The summed E-state index contributed by atoms with van der Waals surface area (Å²) in [6.45, 7) is 3.81. The number of hydrogen-bond acceptors (Lipinski definition) is 3. The van der Waals surface area contributed by atoms with Crippen LogP contribution in [0.3, 0.4) is 0 Å². The molecular weight excluding hydrogens is 352 g/mol. The van der Waals surface area contributed by atoms with E-state index in [1.165, 1.54) is 0 Å². The maximum Gasteiger partial charge on any atom is 0.262 e. The first kappa shape index (κ1) is 19.2. The number of aryl methyl sites for hydroxylation is 2. The average molecular weight is 374 g/mol. The number of rotatable bonds is 6. The number of nitrogens with one attached hydrogen (secondary N) is 2. The third-order valence-corrected chi connectivity index (χ3v) is 4.22. The maximum absolute atomic E-state index is 12.3. The van der Waals surface area contributed by atoms with Crippen molar-refractivity contribution in [1.82, 2.24) is 0 Å². The van der Waals surface area contributed by atoms with Gasteiger partial charge in [-0.15, -0.1) is 0 Å². The van der Waals surface area contributed by atoms with Crippen LogP contribution in [0.5, 0.6) is 5.75 Å². The Kier molecular flexibility index (Phi) is 6.07. The molecule has 0 saturated heterocycles. The fraction of sp³-hybridized carbons (Fsp3) is 0.130. The van der Waals surface area contributed by atoms with E-state index in [9.17, 15) is 9.59 Å². The molecule has 0 aromatic heterocycles. The number of amides is 2. The van der Waals surface area contributed by atoms with Crippen LogP contribution in [0, 0.1) is 13.8 Å². The van der Waals surface area contributed by atoms with Crippen LogP contribution in [0.15, 0.2) is 72.8 Å². The van der Waals surface area contributed by atoms with E-state index in [-0.39, 0.29) is 18.4 Å². The molecule has 0 aliphatic carbocycles. The van der Waals surface area contributed by atoms with Crippen molar-refractivity contribution in [2.45, 2.75) is 13.8 Å². The second-order valence-corrected chi connectivity index (χ2v) is 6.50. The Morgan fingerprint density at radius 1 is 0.821 bits per heavy atom. The topological polar surface area (TPSA) is 67.4 Å². The molecule has 0 fully saturated rings. The summed E-state index contributed by atoms with van der Waals surface area (Å²) < 4.78 is 5.50. The van der Waals surface area contributed by atoms with Gasteiger partial charge >= 0.3 is 0 Å². The first-order valence-electron chi connectivity index (χ1n) is 8.97. The lowest BCUT2D eigenvalue weighted by atomic mass is 10.2. The van der Waals surface area contributed by atoms with Gasteiger partial charge in [0.25, 0.3) is 11.8 Å². The Hall–Kier alpha value is -3.60. The van der Waals surface area contributed by atoms with Crippen LogP contribution < -0.4 is 15.4 Å². The summed E-state index contributed by atoms with van der Waals surface area (Å²) in [5.74, 6) is 0.0787. The highest BCUT2D eigenvalue weighted by Crippen LogP contribution is 2.16. The summed E-state index contributed by atoms with van der Waals surface area (Å²) in [4.78, 5) is 24.3. The normalized spacial score (nSPS) is 10.2. The summed E-state index contributed by atoms with van der Waals surface area (Å²) in [6, 6.07) is 21.8. The molecule has 0 atom stereocenters. The quantitative estimate of drug-likeness (QED) is 0.664. The highest BCUT2D eigenvalue weighted by Gasteiger charge is 2.08. The summed E-state index contributed by atoms with van der Waals surface area (Å²) in [5, 5.41) is 5.66. The highest BCUT2D eigenvalue weighted by atomic mass is 16.5. The monoisotopic (exact) mass is 374 g/mol. The minimum atomic E-state index is -0.240. The lowest BCUT2D eigenvalue weighted by Crippen LogP contribution is -2.20. The van der Waals surface area contributed by atoms with Crippen molar-refractivity contribution >= 4 is 23.2 Å². The van der Waals surface area contributed by atoms with Crippen molar-refractivity contribution in [2.75, 3.05) is 17.2 Å². The van der Waals surface area contributed by atoms with Crippen LogP contribution in [0.2, 0.25) is 0 Å². The van der Waals surface area contributed by atoms with Crippen molar-refractivity contribution in [3.63, 3.8) is 0 Å². The van der Waals surface area contributed by atoms with Crippen LogP contribution >= 0.6 is 0 Å². The van der Waals surface area contributed by atoms with Gasteiger partial charge in [-0.3, -0.25) is 9.59 Å². The number of anilines is 2. The summed E-state index contributed by atoms with van der Waals surface area (Å²) in [6.07, 6.45) is 0. The van der Waals surface area contributed by atoms with Gasteiger partial charge in [-0.1, -0.05) is 35.9 Å². The van der Waals surface area contributed by atoms with E-state index in [1.54, 1.807) is 24.3 Å². The SMILES string of the molecule is Cc1ccc(NC(=O)c2ccc(OCC(=O)Nc3ccccc3C)cc2)cc1. The van der Waals surface area contributed by atoms with Crippen molar-refractivity contribution in [3.8, 4) is 5.75 Å². The van der Waals surface area contributed by atoms with E-state index in [4.69, 9.17) is 4.74 Å². The van der Waals surface area contributed by atoms with Crippen molar-refractivity contribution < 1.29 is 14.3 Å². The molecule has 0 bridgehead atoms. The summed E-state index contributed by atoms with van der Waals surface area (Å²) in [7, 11) is 0. The molecule has 0 spiro atoms. The molecule has 0 unspecified atom stereocenters. The number of carbonyl (C=O) groups is 2. The minimum absolute atomic E-state index is 0.108. The van der Waals surface area contributed by atoms with E-state index in [0.717, 1.165) is 22.5 Å². The Morgan fingerprint density at radius 2 is 1.50 bits per heavy atom. The predicted octanol–water partition coefficient (Wildman–Crippen LogP) is 4.57. The fourth-order valence-corrected chi connectivity index (χ4v) is 2.59. The third kappa shape index (κ3) is 5.20. The van der Waals surface area contributed by atoms with Gasteiger partial charge in [0, 0.05) is 16.9 Å². The van der Waals surface area contributed by atoms with Gasteiger partial charge in [0.2, 0.25) is 0 Å². The standard InChI is InChI=1S/C23H22N2O3/c1-16-7-11-19(12-8-16)24-23(27)18-9-13-20(14-10-18)28-15-22(26)25-21-6-4-3-5-17(21)2/h3-14H,15H2,1-2H3,(H,24,27)(H,25,26). The van der Waals surface area contributed by atoms with Gasteiger partial charge in [0.05, 0.1) is 0 Å². The maximum atomic E-state index is 12.3. The van der Waals surface area contributed by atoms with Crippen LogP contribution in [-0.2, 0) is 4.79 Å². The molecule has 2 amide bonds. The van der Waals surface area contributed by atoms with Gasteiger partial charge < -0.3 is 15.4 Å². The Bertz CT molecular complexity index is 964. The van der Waals surface area contributed by atoms with Crippen molar-refractivity contribution in [1.29, 1.82) is 0 Å². The van der Waals surface area contributed by atoms with Crippen molar-refractivity contribution in [3.05, 3.63) is 89.5 Å². The van der Waals surface area contributed by atoms with E-state index in [1.807, 2.05) is 62.4 Å². The van der Waals surface area contributed by atoms with Crippen LogP contribution in [0.1, 0.15) is 21.5 Å². The minimum Gasteiger partial charge on any atom is -0.484 e.